The summed E-state index contributed by atoms with van der Waals surface area (Å²) in [4.78, 5) is 1.45. The van der Waals surface area contributed by atoms with Crippen LogP contribution in [0.3, 0.4) is 0 Å². The Morgan fingerprint density at radius 1 is 1.16 bits per heavy atom. The molecule has 0 radical (unpaired) electrons. The lowest BCUT2D eigenvalue weighted by atomic mass is 9.85. The van der Waals surface area contributed by atoms with Crippen LogP contribution < -0.4 is 0 Å². The smallest absolute Gasteiger partial charge is 0.0471 e. The highest BCUT2D eigenvalue weighted by Gasteiger charge is 2.31. The van der Waals surface area contributed by atoms with Crippen molar-refractivity contribution < 1.29 is 4.74 Å². The fourth-order valence-electron chi connectivity index (χ4n) is 3.00. The molecular formula is C16H21BrOS. The molecule has 1 heterocycles. The fourth-order valence-corrected chi connectivity index (χ4v) is 5.27. The lowest BCUT2D eigenvalue weighted by molar-refractivity contribution is 0.0374. The van der Waals surface area contributed by atoms with Crippen molar-refractivity contribution in [2.75, 3.05) is 24.3 Å². The average molecular weight is 341 g/mol. The van der Waals surface area contributed by atoms with Crippen LogP contribution in [0.15, 0.2) is 23.1 Å². The maximum atomic E-state index is 5.51. The molecule has 0 unspecified atom stereocenters. The Balaban J connectivity index is 1.65. The van der Waals surface area contributed by atoms with Gasteiger partial charge in [0, 0.05) is 29.2 Å². The molecule has 0 amide bonds. The van der Waals surface area contributed by atoms with Crippen LogP contribution in [0.1, 0.15) is 30.4 Å². The number of halogens is 1. The first-order valence-corrected chi connectivity index (χ1v) is 9.30. The quantitative estimate of drug-likeness (QED) is 0.591. The predicted molar refractivity (Wildman–Crippen MR) is 85.5 cm³/mol. The molecule has 0 N–H and O–H groups in total. The van der Waals surface area contributed by atoms with Crippen molar-refractivity contribution in [1.82, 2.24) is 0 Å². The zero-order chi connectivity index (χ0) is 13.1. The van der Waals surface area contributed by atoms with Crippen LogP contribution in [0.4, 0.5) is 0 Å². The number of hydrogen-bond donors (Lipinski definition) is 0. The van der Waals surface area contributed by atoms with E-state index in [0.29, 0.717) is 5.41 Å². The monoisotopic (exact) mass is 340 g/mol. The van der Waals surface area contributed by atoms with Gasteiger partial charge in [-0.15, -0.1) is 11.8 Å². The first-order valence-electron chi connectivity index (χ1n) is 7.20. The highest BCUT2D eigenvalue weighted by molar-refractivity contribution is 9.09. The van der Waals surface area contributed by atoms with Gasteiger partial charge in [-0.1, -0.05) is 22.0 Å². The van der Waals surface area contributed by atoms with E-state index in [2.05, 4.69) is 34.1 Å². The number of benzene rings is 1. The fraction of sp³-hybridized carbons (Fsp3) is 0.625. The zero-order valence-corrected chi connectivity index (χ0v) is 13.7. The standard InChI is InChI=1S/C16H21BrOS/c17-11-16(6-8-18-9-7-16)12-19-15-5-4-13-2-1-3-14(13)10-15/h4-5,10H,1-3,6-9,11-12H2. The van der Waals surface area contributed by atoms with E-state index < -0.39 is 0 Å². The average Bonchev–Trinajstić information content (AvgIpc) is 2.93. The van der Waals surface area contributed by atoms with Gasteiger partial charge in [0.05, 0.1) is 0 Å². The van der Waals surface area contributed by atoms with Crippen LogP contribution in [0, 0.1) is 5.41 Å². The summed E-state index contributed by atoms with van der Waals surface area (Å²) in [5.41, 5.74) is 3.59. The molecule has 3 heteroatoms. The molecular weight excluding hydrogens is 320 g/mol. The third kappa shape index (κ3) is 3.20. The van der Waals surface area contributed by atoms with Gasteiger partial charge in [-0.3, -0.25) is 0 Å². The Kier molecular flexibility index (Phi) is 4.55. The van der Waals surface area contributed by atoms with Crippen LogP contribution in [-0.2, 0) is 17.6 Å². The lowest BCUT2D eigenvalue weighted by Crippen LogP contribution is -2.33. The number of thioether (sulfide) groups is 1. The zero-order valence-electron chi connectivity index (χ0n) is 11.3. The van der Waals surface area contributed by atoms with Crippen LogP contribution >= 0.6 is 27.7 Å². The highest BCUT2D eigenvalue weighted by Crippen LogP contribution is 2.38. The number of fused-ring (bicyclic) bond motifs is 1. The van der Waals surface area contributed by atoms with Crippen molar-refractivity contribution in [2.45, 2.75) is 37.0 Å². The molecule has 3 rings (SSSR count). The normalized spacial score (nSPS) is 21.3. The second-order valence-corrected chi connectivity index (χ2v) is 7.43. The lowest BCUT2D eigenvalue weighted by Gasteiger charge is -2.35. The van der Waals surface area contributed by atoms with Crippen molar-refractivity contribution in [3.63, 3.8) is 0 Å². The molecule has 2 aliphatic rings. The van der Waals surface area contributed by atoms with Gasteiger partial charge in [0.25, 0.3) is 0 Å². The van der Waals surface area contributed by atoms with Gasteiger partial charge in [-0.25, -0.2) is 0 Å². The van der Waals surface area contributed by atoms with Crippen molar-refractivity contribution in [2.24, 2.45) is 5.41 Å². The largest absolute Gasteiger partial charge is 0.381 e. The Hall–Kier alpha value is 0.01000. The van der Waals surface area contributed by atoms with Gasteiger partial charge in [0.2, 0.25) is 0 Å². The third-order valence-electron chi connectivity index (χ3n) is 4.45. The summed E-state index contributed by atoms with van der Waals surface area (Å²) in [6, 6.07) is 7.08. The second kappa shape index (κ2) is 6.19. The summed E-state index contributed by atoms with van der Waals surface area (Å²) in [5.74, 6) is 1.21. The SMILES string of the molecule is BrCC1(CSc2ccc3c(c2)CCC3)CCOCC1. The third-order valence-corrected chi connectivity index (χ3v) is 6.99. The molecule has 1 aliphatic carbocycles. The maximum absolute atomic E-state index is 5.51. The number of alkyl halides is 1. The van der Waals surface area contributed by atoms with E-state index in [-0.39, 0.29) is 0 Å². The second-order valence-electron chi connectivity index (χ2n) is 5.82. The molecule has 0 aromatic heterocycles. The molecule has 0 saturated carbocycles. The molecule has 104 valence electrons. The van der Waals surface area contributed by atoms with Crippen LogP contribution in [0.5, 0.6) is 0 Å². The summed E-state index contributed by atoms with van der Waals surface area (Å²) >= 11 is 5.75. The van der Waals surface area contributed by atoms with Crippen LogP contribution in [-0.4, -0.2) is 24.3 Å². The van der Waals surface area contributed by atoms with E-state index in [9.17, 15) is 0 Å². The minimum absolute atomic E-state index is 0.432. The minimum Gasteiger partial charge on any atom is -0.381 e. The van der Waals surface area contributed by atoms with E-state index in [0.717, 1.165) is 18.5 Å². The van der Waals surface area contributed by atoms with Gasteiger partial charge >= 0.3 is 0 Å². The summed E-state index contributed by atoms with van der Waals surface area (Å²) in [6.45, 7) is 1.85. The van der Waals surface area contributed by atoms with E-state index in [1.165, 1.54) is 42.8 Å². The topological polar surface area (TPSA) is 9.23 Å². The van der Waals surface area contributed by atoms with Crippen molar-refractivity contribution in [3.05, 3.63) is 29.3 Å². The van der Waals surface area contributed by atoms with Crippen LogP contribution in [0.25, 0.3) is 0 Å². The van der Waals surface area contributed by atoms with Gasteiger partial charge in [-0.2, -0.15) is 0 Å². The minimum atomic E-state index is 0.432. The molecule has 1 saturated heterocycles. The summed E-state index contributed by atoms with van der Waals surface area (Å²) in [6.07, 6.45) is 6.28. The summed E-state index contributed by atoms with van der Waals surface area (Å²) in [5, 5.41) is 1.10. The summed E-state index contributed by atoms with van der Waals surface area (Å²) in [7, 11) is 0. The van der Waals surface area contributed by atoms with E-state index in [1.54, 1.807) is 11.1 Å². The molecule has 0 atom stereocenters. The van der Waals surface area contributed by atoms with E-state index in [4.69, 9.17) is 4.74 Å². The Morgan fingerprint density at radius 3 is 2.74 bits per heavy atom. The van der Waals surface area contributed by atoms with Crippen molar-refractivity contribution in [3.8, 4) is 0 Å². The van der Waals surface area contributed by atoms with Gasteiger partial charge in [-0.05, 0) is 60.8 Å². The molecule has 1 aliphatic heterocycles. The number of rotatable bonds is 4. The van der Waals surface area contributed by atoms with Crippen molar-refractivity contribution in [1.29, 1.82) is 0 Å². The van der Waals surface area contributed by atoms with Crippen LogP contribution in [0.2, 0.25) is 0 Å². The first-order chi connectivity index (χ1) is 9.31. The highest BCUT2D eigenvalue weighted by atomic mass is 79.9. The van der Waals surface area contributed by atoms with Crippen molar-refractivity contribution >= 4 is 27.7 Å². The van der Waals surface area contributed by atoms with Gasteiger partial charge in [0.15, 0.2) is 0 Å². The molecule has 19 heavy (non-hydrogen) atoms. The first kappa shape index (κ1) is 14.0. The molecule has 1 aromatic carbocycles. The Bertz CT molecular complexity index is 440. The maximum Gasteiger partial charge on any atom is 0.0471 e. The Labute approximate surface area is 128 Å². The number of aryl methyl sites for hydroxylation is 2. The molecule has 1 fully saturated rings. The van der Waals surface area contributed by atoms with Gasteiger partial charge in [0.1, 0.15) is 0 Å². The van der Waals surface area contributed by atoms with E-state index >= 15 is 0 Å². The summed E-state index contributed by atoms with van der Waals surface area (Å²) < 4.78 is 5.51. The molecule has 0 bridgehead atoms. The van der Waals surface area contributed by atoms with Gasteiger partial charge < -0.3 is 4.74 Å². The Morgan fingerprint density at radius 2 is 1.95 bits per heavy atom. The molecule has 1 aromatic rings. The molecule has 1 nitrogen and oxygen atoms in total. The number of hydrogen-bond acceptors (Lipinski definition) is 2. The van der Waals surface area contributed by atoms with E-state index in [1.807, 2.05) is 11.8 Å². The molecule has 0 spiro atoms. The number of ether oxygens (including phenoxy) is 1. The predicted octanol–water partition coefficient (Wildman–Crippen LogP) is 4.46.